The van der Waals surface area contributed by atoms with Crippen LogP contribution in [0, 0.1) is 20.8 Å². The Morgan fingerprint density at radius 3 is 2.24 bits per heavy atom. The second kappa shape index (κ2) is 8.80. The Morgan fingerprint density at radius 1 is 0.966 bits per heavy atom. The molecule has 3 aromatic carbocycles. The molecule has 0 aromatic heterocycles. The summed E-state index contributed by atoms with van der Waals surface area (Å²) in [5, 5.41) is 3.48. The van der Waals surface area contributed by atoms with Crippen molar-refractivity contribution in [3.05, 3.63) is 82.9 Å². The highest BCUT2D eigenvalue weighted by Gasteiger charge is 2.14. The van der Waals surface area contributed by atoms with Gasteiger partial charge in [0.05, 0.1) is 19.1 Å². The quantitative estimate of drug-likeness (QED) is 0.507. The molecule has 3 aromatic rings. The zero-order valence-electron chi connectivity index (χ0n) is 17.7. The van der Waals surface area contributed by atoms with Gasteiger partial charge in [-0.1, -0.05) is 35.9 Å². The monoisotopic (exact) mass is 408 g/mol. The van der Waals surface area contributed by atoms with E-state index in [0.717, 1.165) is 11.4 Å². The molecule has 1 atom stereocenters. The SMILES string of the molecule is COc1ccc(N=[S+](C)([O-])c2ccccc2)c(NCc2c(C)cc(C)cc2C)c1. The number of hydrogen-bond acceptors (Lipinski definition) is 4. The van der Waals surface area contributed by atoms with Gasteiger partial charge in [-0.05, 0) is 71.8 Å². The predicted octanol–water partition coefficient (Wildman–Crippen LogP) is 6.02. The van der Waals surface area contributed by atoms with Crippen LogP contribution in [0.4, 0.5) is 11.4 Å². The summed E-state index contributed by atoms with van der Waals surface area (Å²) in [5.74, 6) is 0.728. The minimum absolute atomic E-state index is 0.657. The van der Waals surface area contributed by atoms with Crippen molar-refractivity contribution in [2.24, 2.45) is 4.36 Å². The summed E-state index contributed by atoms with van der Waals surface area (Å²) in [4.78, 5) is 0.715. The maximum atomic E-state index is 13.3. The number of benzene rings is 3. The Hall–Kier alpha value is -2.63. The van der Waals surface area contributed by atoms with E-state index >= 15 is 0 Å². The van der Waals surface area contributed by atoms with Crippen molar-refractivity contribution in [1.29, 1.82) is 0 Å². The van der Waals surface area contributed by atoms with Crippen molar-refractivity contribution in [2.45, 2.75) is 32.2 Å². The Morgan fingerprint density at radius 2 is 1.62 bits per heavy atom. The fourth-order valence-electron chi connectivity index (χ4n) is 3.45. The Labute approximate surface area is 174 Å². The number of anilines is 1. The normalized spacial score (nSPS) is 12.9. The van der Waals surface area contributed by atoms with Crippen molar-refractivity contribution in [3.8, 4) is 5.75 Å². The number of nitrogens with one attached hydrogen (secondary N) is 1. The first-order valence-corrected chi connectivity index (χ1v) is 11.5. The Bertz CT molecular complexity index is 1030. The largest absolute Gasteiger partial charge is 0.626 e. The van der Waals surface area contributed by atoms with Crippen LogP contribution < -0.4 is 10.1 Å². The molecule has 0 saturated carbocycles. The van der Waals surface area contributed by atoms with Crippen molar-refractivity contribution in [1.82, 2.24) is 0 Å². The number of methoxy groups -OCH3 is 1. The summed E-state index contributed by atoms with van der Waals surface area (Å²) in [6.45, 7) is 7.02. The molecule has 4 nitrogen and oxygen atoms in total. The first kappa shape index (κ1) is 21.1. The molecular formula is C24H28N2O2S. The van der Waals surface area contributed by atoms with Crippen molar-refractivity contribution < 1.29 is 9.29 Å². The minimum Gasteiger partial charge on any atom is -0.626 e. The Kier molecular flexibility index (Phi) is 6.40. The van der Waals surface area contributed by atoms with E-state index in [4.69, 9.17) is 4.74 Å². The van der Waals surface area contributed by atoms with Crippen molar-refractivity contribution in [3.63, 3.8) is 0 Å². The second-order valence-electron chi connectivity index (χ2n) is 7.32. The van der Waals surface area contributed by atoms with Gasteiger partial charge in [0, 0.05) is 12.6 Å². The van der Waals surface area contributed by atoms with Gasteiger partial charge in [-0.2, -0.15) is 0 Å². The van der Waals surface area contributed by atoms with E-state index in [-0.39, 0.29) is 0 Å². The van der Waals surface area contributed by atoms with Gasteiger partial charge in [0.15, 0.2) is 0 Å². The van der Waals surface area contributed by atoms with Gasteiger partial charge in [-0.15, -0.1) is 4.36 Å². The number of hydrogen-bond donors (Lipinski definition) is 1. The molecule has 0 saturated heterocycles. The summed E-state index contributed by atoms with van der Waals surface area (Å²) >= 11 is 0. The van der Waals surface area contributed by atoms with E-state index in [1.165, 1.54) is 22.3 Å². The first-order valence-electron chi connectivity index (χ1n) is 9.56. The lowest BCUT2D eigenvalue weighted by atomic mass is 10.00. The number of aryl methyl sites for hydroxylation is 3. The molecule has 1 unspecified atom stereocenters. The van der Waals surface area contributed by atoms with Crippen molar-refractivity contribution >= 4 is 21.5 Å². The van der Waals surface area contributed by atoms with Crippen LogP contribution in [-0.2, 0) is 16.7 Å². The molecule has 0 bridgehead atoms. The van der Waals surface area contributed by atoms with Gasteiger partial charge < -0.3 is 14.6 Å². The topological polar surface area (TPSA) is 56.7 Å². The average Bonchev–Trinajstić information content (AvgIpc) is 2.68. The molecule has 0 aliphatic heterocycles. The molecule has 0 radical (unpaired) electrons. The predicted molar refractivity (Wildman–Crippen MR) is 122 cm³/mol. The van der Waals surface area contributed by atoms with E-state index in [2.05, 4.69) is 42.6 Å². The smallest absolute Gasteiger partial charge is 0.136 e. The molecule has 0 amide bonds. The lowest BCUT2D eigenvalue weighted by molar-refractivity contribution is 0.415. The summed E-state index contributed by atoms with van der Waals surface area (Å²) in [6.07, 6.45) is 1.67. The van der Waals surface area contributed by atoms with Gasteiger partial charge in [0.25, 0.3) is 0 Å². The molecule has 0 fully saturated rings. The fraction of sp³-hybridized carbons (Fsp3) is 0.250. The van der Waals surface area contributed by atoms with Gasteiger partial charge >= 0.3 is 0 Å². The second-order valence-corrected chi connectivity index (χ2v) is 9.58. The maximum absolute atomic E-state index is 13.3. The summed E-state index contributed by atoms with van der Waals surface area (Å²) < 4.78 is 23.3. The van der Waals surface area contributed by atoms with E-state index in [1.807, 2.05) is 48.5 Å². The molecule has 0 spiro atoms. The zero-order chi connectivity index (χ0) is 21.0. The van der Waals surface area contributed by atoms with Crippen LogP contribution in [0.2, 0.25) is 0 Å². The lowest BCUT2D eigenvalue weighted by Gasteiger charge is -2.19. The molecule has 0 aliphatic rings. The molecule has 29 heavy (non-hydrogen) atoms. The lowest BCUT2D eigenvalue weighted by Crippen LogP contribution is -2.08. The van der Waals surface area contributed by atoms with E-state index < -0.39 is 10.1 Å². The molecule has 3 rings (SSSR count). The van der Waals surface area contributed by atoms with Crippen LogP contribution in [0.3, 0.4) is 0 Å². The summed E-state index contributed by atoms with van der Waals surface area (Å²) in [7, 11) is -0.930. The van der Waals surface area contributed by atoms with Crippen LogP contribution in [0.25, 0.3) is 0 Å². The molecule has 152 valence electrons. The summed E-state index contributed by atoms with van der Waals surface area (Å²) in [5.41, 5.74) is 6.47. The number of ether oxygens (including phenoxy) is 1. The van der Waals surface area contributed by atoms with Crippen LogP contribution in [0.5, 0.6) is 5.75 Å². The number of rotatable bonds is 6. The van der Waals surface area contributed by atoms with Crippen LogP contribution in [-0.4, -0.2) is 17.9 Å². The van der Waals surface area contributed by atoms with E-state index in [9.17, 15) is 4.55 Å². The molecule has 5 heteroatoms. The third-order valence-electron chi connectivity index (χ3n) is 4.95. The highest BCUT2D eigenvalue weighted by molar-refractivity contribution is 7.99. The standard InChI is InChI=1S/C24H28N2O2S/c1-17-13-18(2)22(19(3)14-17)16-25-24-15-20(28-4)11-12-23(24)26-29(5,27)21-9-7-6-8-10-21/h6-15,25H,16H2,1-5H3. The van der Waals surface area contributed by atoms with Gasteiger partial charge in [0.2, 0.25) is 0 Å². The highest BCUT2D eigenvalue weighted by Crippen LogP contribution is 2.33. The van der Waals surface area contributed by atoms with Gasteiger partial charge in [-0.3, -0.25) is 0 Å². The van der Waals surface area contributed by atoms with Crippen LogP contribution in [0.15, 0.2) is 69.9 Å². The number of nitrogens with zero attached hydrogens (tertiary/aromatic N) is 1. The van der Waals surface area contributed by atoms with E-state index in [1.54, 1.807) is 13.4 Å². The Balaban J connectivity index is 1.98. The zero-order valence-corrected chi connectivity index (χ0v) is 18.5. The molecule has 1 N–H and O–H groups in total. The first-order chi connectivity index (χ1) is 13.8. The molecule has 0 aliphatic carbocycles. The van der Waals surface area contributed by atoms with Gasteiger partial charge in [-0.25, -0.2) is 0 Å². The third kappa shape index (κ3) is 5.05. The summed E-state index contributed by atoms with van der Waals surface area (Å²) in [6, 6.07) is 19.3. The average molecular weight is 409 g/mol. The van der Waals surface area contributed by atoms with Crippen molar-refractivity contribution in [2.75, 3.05) is 18.7 Å². The van der Waals surface area contributed by atoms with E-state index in [0.29, 0.717) is 17.1 Å². The molecule has 0 heterocycles. The molecular weight excluding hydrogens is 380 g/mol. The van der Waals surface area contributed by atoms with Crippen LogP contribution in [0.1, 0.15) is 22.3 Å². The fourth-order valence-corrected chi connectivity index (χ4v) is 4.75. The van der Waals surface area contributed by atoms with Crippen LogP contribution >= 0.6 is 0 Å². The minimum atomic E-state index is -2.57. The van der Waals surface area contributed by atoms with Gasteiger partial charge in [0.1, 0.15) is 16.3 Å². The third-order valence-corrected chi connectivity index (χ3v) is 6.64. The maximum Gasteiger partial charge on any atom is 0.136 e. The highest BCUT2D eigenvalue weighted by atomic mass is 32.3.